The third kappa shape index (κ3) is 3.89. The van der Waals surface area contributed by atoms with Crippen molar-refractivity contribution in [2.24, 2.45) is 0 Å². The van der Waals surface area contributed by atoms with E-state index in [1.165, 1.54) is 7.11 Å². The van der Waals surface area contributed by atoms with Gasteiger partial charge in [-0.3, -0.25) is 10.4 Å². The van der Waals surface area contributed by atoms with Gasteiger partial charge in [0.2, 0.25) is 0 Å². The van der Waals surface area contributed by atoms with E-state index in [1.54, 1.807) is 31.4 Å². The van der Waals surface area contributed by atoms with Crippen molar-refractivity contribution in [3.63, 3.8) is 0 Å². The van der Waals surface area contributed by atoms with Gasteiger partial charge in [0.05, 0.1) is 25.6 Å². The van der Waals surface area contributed by atoms with Crippen LogP contribution in [0, 0.1) is 0 Å². The predicted molar refractivity (Wildman–Crippen MR) is 96.2 cm³/mol. The summed E-state index contributed by atoms with van der Waals surface area (Å²) >= 11 is 0. The summed E-state index contributed by atoms with van der Waals surface area (Å²) in [5.74, 6) is 1.56. The molecule has 1 heterocycles. The Morgan fingerprint density at radius 3 is 2.52 bits per heavy atom. The molecule has 7 nitrogen and oxygen atoms in total. The zero-order valence-corrected chi connectivity index (χ0v) is 13.9. The molecule has 0 atom stereocenters. The summed E-state index contributed by atoms with van der Waals surface area (Å²) in [5.41, 5.74) is 2.30. The molecular weight excluding hydrogens is 320 g/mol. The monoisotopic (exact) mass is 338 g/mol. The fourth-order valence-corrected chi connectivity index (χ4v) is 2.33. The highest BCUT2D eigenvalue weighted by atomic mass is 16.5. The molecule has 0 bridgehead atoms. The van der Waals surface area contributed by atoms with E-state index in [0.717, 1.165) is 11.3 Å². The van der Waals surface area contributed by atoms with E-state index in [4.69, 9.17) is 9.47 Å². The Labute approximate surface area is 145 Å². The second-order valence-corrected chi connectivity index (χ2v) is 5.18. The number of aromatic nitrogens is 2. The maximum absolute atomic E-state index is 12.2. The standard InChI is InChI=1S/C18H18N4O3/c1-24-13-8-9-16(25-2)15(10-13)19-18(23)20-17-11-14(21-22-17)12-6-4-3-5-7-12/h3-11H,1-2H3,(H3,19,20,21,22,23). The van der Waals surface area contributed by atoms with Crippen LogP contribution in [0.3, 0.4) is 0 Å². The van der Waals surface area contributed by atoms with E-state index in [-0.39, 0.29) is 0 Å². The molecule has 0 aliphatic carbocycles. The third-order valence-corrected chi connectivity index (χ3v) is 3.56. The Kier molecular flexibility index (Phi) is 4.84. The number of methoxy groups -OCH3 is 2. The molecule has 3 N–H and O–H groups in total. The lowest BCUT2D eigenvalue weighted by Crippen LogP contribution is -2.20. The Hall–Kier alpha value is -3.48. The van der Waals surface area contributed by atoms with Crippen molar-refractivity contribution in [2.75, 3.05) is 24.9 Å². The Balaban J connectivity index is 1.70. The van der Waals surface area contributed by atoms with Crippen molar-refractivity contribution in [3.8, 4) is 22.8 Å². The van der Waals surface area contributed by atoms with Crippen LogP contribution in [0.25, 0.3) is 11.3 Å². The van der Waals surface area contributed by atoms with Gasteiger partial charge in [-0.05, 0) is 17.7 Å². The van der Waals surface area contributed by atoms with E-state index >= 15 is 0 Å². The van der Waals surface area contributed by atoms with Gasteiger partial charge < -0.3 is 14.8 Å². The van der Waals surface area contributed by atoms with Crippen LogP contribution in [0.1, 0.15) is 0 Å². The quantitative estimate of drug-likeness (QED) is 0.661. The molecule has 7 heteroatoms. The summed E-state index contributed by atoms with van der Waals surface area (Å²) in [6.45, 7) is 0. The molecule has 2 amide bonds. The number of hydrogen-bond acceptors (Lipinski definition) is 4. The van der Waals surface area contributed by atoms with E-state index < -0.39 is 6.03 Å². The van der Waals surface area contributed by atoms with E-state index in [0.29, 0.717) is 23.0 Å². The molecule has 0 saturated carbocycles. The SMILES string of the molecule is COc1ccc(OC)c(NC(=O)Nc2cc(-c3ccccc3)[nH]n2)c1. The molecule has 0 fully saturated rings. The average molecular weight is 338 g/mol. The first-order chi connectivity index (χ1) is 12.2. The minimum Gasteiger partial charge on any atom is -0.497 e. The Morgan fingerprint density at radius 1 is 1.00 bits per heavy atom. The van der Waals surface area contributed by atoms with Crippen LogP contribution in [-0.2, 0) is 0 Å². The molecular formula is C18H18N4O3. The number of urea groups is 1. The lowest BCUT2D eigenvalue weighted by molar-refractivity contribution is 0.262. The molecule has 1 aromatic heterocycles. The Bertz CT molecular complexity index is 862. The molecule has 3 aromatic rings. The van der Waals surface area contributed by atoms with Crippen molar-refractivity contribution in [3.05, 3.63) is 54.6 Å². The molecule has 0 saturated heterocycles. The molecule has 0 unspecified atom stereocenters. The number of carbonyl (C=O) groups excluding carboxylic acids is 1. The van der Waals surface area contributed by atoms with Gasteiger partial charge in [-0.25, -0.2) is 4.79 Å². The van der Waals surface area contributed by atoms with Gasteiger partial charge >= 0.3 is 6.03 Å². The number of amides is 2. The van der Waals surface area contributed by atoms with Crippen molar-refractivity contribution < 1.29 is 14.3 Å². The van der Waals surface area contributed by atoms with Crippen LogP contribution in [-0.4, -0.2) is 30.4 Å². The van der Waals surface area contributed by atoms with Gasteiger partial charge in [0.15, 0.2) is 5.82 Å². The van der Waals surface area contributed by atoms with Crippen molar-refractivity contribution in [2.45, 2.75) is 0 Å². The molecule has 3 rings (SSSR count). The summed E-state index contributed by atoms with van der Waals surface area (Å²) in [6.07, 6.45) is 0. The predicted octanol–water partition coefficient (Wildman–Crippen LogP) is 3.74. The summed E-state index contributed by atoms with van der Waals surface area (Å²) in [5, 5.41) is 12.4. The molecule has 0 radical (unpaired) electrons. The lowest BCUT2D eigenvalue weighted by Gasteiger charge is -2.11. The molecule has 0 spiro atoms. The zero-order chi connectivity index (χ0) is 17.6. The van der Waals surface area contributed by atoms with Gasteiger partial charge in [0.25, 0.3) is 0 Å². The smallest absolute Gasteiger partial charge is 0.325 e. The van der Waals surface area contributed by atoms with Gasteiger partial charge in [-0.2, -0.15) is 5.10 Å². The highest BCUT2D eigenvalue weighted by Gasteiger charge is 2.11. The number of nitrogens with zero attached hydrogens (tertiary/aromatic N) is 1. The van der Waals surface area contributed by atoms with Crippen LogP contribution >= 0.6 is 0 Å². The number of hydrogen-bond donors (Lipinski definition) is 3. The second-order valence-electron chi connectivity index (χ2n) is 5.18. The molecule has 0 aliphatic rings. The van der Waals surface area contributed by atoms with Crippen molar-refractivity contribution >= 4 is 17.5 Å². The molecule has 25 heavy (non-hydrogen) atoms. The average Bonchev–Trinajstić information content (AvgIpc) is 3.10. The first-order valence-electron chi connectivity index (χ1n) is 7.60. The minimum atomic E-state index is -0.433. The number of anilines is 2. The molecule has 2 aromatic carbocycles. The normalized spacial score (nSPS) is 10.2. The van der Waals surface area contributed by atoms with Gasteiger partial charge in [-0.1, -0.05) is 30.3 Å². The fourth-order valence-electron chi connectivity index (χ4n) is 2.33. The Morgan fingerprint density at radius 2 is 1.80 bits per heavy atom. The number of ether oxygens (including phenoxy) is 2. The van der Waals surface area contributed by atoms with Crippen LogP contribution in [0.5, 0.6) is 11.5 Å². The summed E-state index contributed by atoms with van der Waals surface area (Å²) in [4.78, 5) is 12.2. The van der Waals surface area contributed by atoms with Crippen LogP contribution < -0.4 is 20.1 Å². The van der Waals surface area contributed by atoms with Gasteiger partial charge in [-0.15, -0.1) is 0 Å². The highest BCUT2D eigenvalue weighted by molar-refractivity contribution is 6.00. The van der Waals surface area contributed by atoms with Gasteiger partial charge in [0, 0.05) is 12.1 Å². The second kappa shape index (κ2) is 7.39. The number of rotatable bonds is 5. The maximum Gasteiger partial charge on any atom is 0.325 e. The summed E-state index contributed by atoms with van der Waals surface area (Å²) in [6, 6.07) is 16.2. The number of nitrogens with one attached hydrogen (secondary N) is 3. The van der Waals surface area contributed by atoms with Crippen LogP contribution in [0.15, 0.2) is 54.6 Å². The first-order valence-corrected chi connectivity index (χ1v) is 7.60. The summed E-state index contributed by atoms with van der Waals surface area (Å²) in [7, 11) is 3.09. The molecule has 128 valence electrons. The van der Waals surface area contributed by atoms with Crippen molar-refractivity contribution in [1.29, 1.82) is 0 Å². The number of aromatic amines is 1. The first kappa shape index (κ1) is 16.4. The largest absolute Gasteiger partial charge is 0.497 e. The maximum atomic E-state index is 12.2. The van der Waals surface area contributed by atoms with Crippen LogP contribution in [0.2, 0.25) is 0 Å². The van der Waals surface area contributed by atoms with Crippen molar-refractivity contribution in [1.82, 2.24) is 10.2 Å². The van der Waals surface area contributed by atoms with Gasteiger partial charge in [0.1, 0.15) is 11.5 Å². The number of benzene rings is 2. The zero-order valence-electron chi connectivity index (χ0n) is 13.9. The number of carbonyl (C=O) groups is 1. The minimum absolute atomic E-state index is 0.415. The third-order valence-electron chi connectivity index (χ3n) is 3.56. The molecule has 0 aliphatic heterocycles. The lowest BCUT2D eigenvalue weighted by atomic mass is 10.2. The van der Waals surface area contributed by atoms with E-state index in [1.807, 2.05) is 30.3 Å². The number of H-pyrrole nitrogens is 1. The highest BCUT2D eigenvalue weighted by Crippen LogP contribution is 2.29. The van der Waals surface area contributed by atoms with E-state index in [9.17, 15) is 4.79 Å². The fraction of sp³-hybridized carbons (Fsp3) is 0.111. The summed E-state index contributed by atoms with van der Waals surface area (Å²) < 4.78 is 10.4. The van der Waals surface area contributed by atoms with Crippen LogP contribution in [0.4, 0.5) is 16.3 Å². The topological polar surface area (TPSA) is 88.3 Å². The van der Waals surface area contributed by atoms with E-state index in [2.05, 4.69) is 20.8 Å².